The molecule has 0 aromatic carbocycles. The molecule has 0 aromatic heterocycles. The summed E-state index contributed by atoms with van der Waals surface area (Å²) in [5, 5.41) is 7.42. The van der Waals surface area contributed by atoms with Crippen molar-refractivity contribution in [2.24, 2.45) is 0 Å². The van der Waals surface area contributed by atoms with Gasteiger partial charge < -0.3 is 19.3 Å². The third-order valence-electron chi connectivity index (χ3n) is 2.14. The standard InChI is InChI=1S/C10H22O3.C2H4O2/c1-9(11-3)5-7-13-8-6-10(2)12-4;1-2(3)4/h9-10H,5-8H2,1-4H3;1H3,(H,3,4). The van der Waals surface area contributed by atoms with E-state index >= 15 is 0 Å². The van der Waals surface area contributed by atoms with E-state index in [0.717, 1.165) is 33.0 Å². The molecule has 0 saturated heterocycles. The minimum atomic E-state index is -0.833. The first-order valence-electron chi connectivity index (χ1n) is 5.76. The molecular weight excluding hydrogens is 224 g/mol. The highest BCUT2D eigenvalue weighted by atomic mass is 16.5. The largest absolute Gasteiger partial charge is 0.481 e. The third kappa shape index (κ3) is 21.2. The van der Waals surface area contributed by atoms with Crippen LogP contribution in [0.5, 0.6) is 0 Å². The normalized spacial score (nSPS) is 13.5. The zero-order valence-corrected chi connectivity index (χ0v) is 11.6. The van der Waals surface area contributed by atoms with Gasteiger partial charge in [-0.15, -0.1) is 0 Å². The second-order valence-corrected chi connectivity index (χ2v) is 3.80. The first-order chi connectivity index (χ1) is 7.93. The molecule has 0 aromatic rings. The van der Waals surface area contributed by atoms with Crippen LogP contribution in [0, 0.1) is 0 Å². The number of carboxylic acid groups (broad SMARTS) is 1. The van der Waals surface area contributed by atoms with Crippen molar-refractivity contribution in [3.63, 3.8) is 0 Å². The van der Waals surface area contributed by atoms with Gasteiger partial charge in [0.25, 0.3) is 5.97 Å². The Balaban J connectivity index is 0. The molecule has 0 spiro atoms. The summed E-state index contributed by atoms with van der Waals surface area (Å²) in [6.07, 6.45) is 2.50. The molecule has 17 heavy (non-hydrogen) atoms. The van der Waals surface area contributed by atoms with Crippen molar-refractivity contribution in [3.05, 3.63) is 0 Å². The molecule has 0 rings (SSSR count). The average molecular weight is 250 g/mol. The van der Waals surface area contributed by atoms with Gasteiger partial charge in [0.2, 0.25) is 0 Å². The van der Waals surface area contributed by atoms with Crippen LogP contribution in [0.15, 0.2) is 0 Å². The smallest absolute Gasteiger partial charge is 0.300 e. The van der Waals surface area contributed by atoms with Crippen molar-refractivity contribution in [2.75, 3.05) is 27.4 Å². The fourth-order valence-electron chi connectivity index (χ4n) is 0.836. The summed E-state index contributed by atoms with van der Waals surface area (Å²) in [7, 11) is 3.44. The van der Waals surface area contributed by atoms with Crippen molar-refractivity contribution in [1.29, 1.82) is 0 Å². The lowest BCUT2D eigenvalue weighted by Crippen LogP contribution is -2.12. The van der Waals surface area contributed by atoms with Gasteiger partial charge in [0.1, 0.15) is 0 Å². The summed E-state index contributed by atoms with van der Waals surface area (Å²) >= 11 is 0. The van der Waals surface area contributed by atoms with Gasteiger partial charge in [-0.05, 0) is 26.7 Å². The number of rotatable bonds is 8. The van der Waals surface area contributed by atoms with E-state index in [4.69, 9.17) is 24.1 Å². The number of carboxylic acids is 1. The Morgan fingerprint density at radius 2 is 1.35 bits per heavy atom. The molecule has 0 aliphatic heterocycles. The molecule has 1 N–H and O–H groups in total. The lowest BCUT2D eigenvalue weighted by molar-refractivity contribution is -0.134. The van der Waals surface area contributed by atoms with Crippen molar-refractivity contribution in [1.82, 2.24) is 0 Å². The van der Waals surface area contributed by atoms with Crippen LogP contribution in [0.1, 0.15) is 33.6 Å². The van der Waals surface area contributed by atoms with E-state index in [1.54, 1.807) is 14.2 Å². The van der Waals surface area contributed by atoms with Gasteiger partial charge in [0.05, 0.1) is 12.2 Å². The lowest BCUT2D eigenvalue weighted by Gasteiger charge is -2.11. The highest BCUT2D eigenvalue weighted by molar-refractivity contribution is 5.62. The monoisotopic (exact) mass is 250 g/mol. The Labute approximate surface area is 104 Å². The number of ether oxygens (including phenoxy) is 3. The van der Waals surface area contributed by atoms with Crippen molar-refractivity contribution in [3.8, 4) is 0 Å². The second kappa shape index (κ2) is 13.4. The SMILES string of the molecule is CC(=O)O.COC(C)CCOCCC(C)OC. The molecule has 0 saturated carbocycles. The maximum atomic E-state index is 9.00. The molecule has 0 amide bonds. The van der Waals surface area contributed by atoms with Gasteiger partial charge in [0.15, 0.2) is 0 Å². The lowest BCUT2D eigenvalue weighted by atomic mass is 10.3. The van der Waals surface area contributed by atoms with Crippen molar-refractivity contribution >= 4 is 5.97 Å². The molecule has 2 unspecified atom stereocenters. The summed E-state index contributed by atoms with van der Waals surface area (Å²) < 4.78 is 15.6. The van der Waals surface area contributed by atoms with Crippen LogP contribution < -0.4 is 0 Å². The molecule has 0 aliphatic carbocycles. The molecule has 0 aliphatic rings. The van der Waals surface area contributed by atoms with E-state index in [9.17, 15) is 0 Å². The molecule has 5 heteroatoms. The predicted octanol–water partition coefficient (Wildman–Crippen LogP) is 1.94. The predicted molar refractivity (Wildman–Crippen MR) is 66.3 cm³/mol. The van der Waals surface area contributed by atoms with Gasteiger partial charge in [-0.25, -0.2) is 0 Å². The minimum absolute atomic E-state index is 0.292. The van der Waals surface area contributed by atoms with Gasteiger partial charge in [-0.2, -0.15) is 0 Å². The summed E-state index contributed by atoms with van der Waals surface area (Å²) in [5.74, 6) is -0.833. The van der Waals surface area contributed by atoms with Crippen LogP contribution in [0.4, 0.5) is 0 Å². The first kappa shape index (κ1) is 18.7. The van der Waals surface area contributed by atoms with Gasteiger partial charge in [0, 0.05) is 34.4 Å². The van der Waals surface area contributed by atoms with E-state index < -0.39 is 5.97 Å². The zero-order chi connectivity index (χ0) is 13.7. The highest BCUT2D eigenvalue weighted by Gasteiger charge is 2.00. The zero-order valence-electron chi connectivity index (χ0n) is 11.6. The number of hydrogen-bond acceptors (Lipinski definition) is 4. The molecular formula is C12H26O5. The van der Waals surface area contributed by atoms with Crippen LogP contribution in [0.3, 0.4) is 0 Å². The molecule has 0 fully saturated rings. The van der Waals surface area contributed by atoms with Crippen LogP contribution >= 0.6 is 0 Å². The fourth-order valence-corrected chi connectivity index (χ4v) is 0.836. The second-order valence-electron chi connectivity index (χ2n) is 3.80. The maximum Gasteiger partial charge on any atom is 0.300 e. The van der Waals surface area contributed by atoms with Crippen molar-refractivity contribution < 1.29 is 24.1 Å². The summed E-state index contributed by atoms with van der Waals surface area (Å²) in [6.45, 7) is 6.71. The van der Waals surface area contributed by atoms with Crippen LogP contribution in [-0.2, 0) is 19.0 Å². The molecule has 0 bridgehead atoms. The Hall–Kier alpha value is -0.650. The van der Waals surface area contributed by atoms with E-state index in [1.807, 2.05) is 13.8 Å². The topological polar surface area (TPSA) is 65.0 Å². The Morgan fingerprint density at radius 3 is 1.59 bits per heavy atom. The molecule has 0 radical (unpaired) electrons. The Kier molecular flexibility index (Phi) is 14.8. The quantitative estimate of drug-likeness (QED) is 0.667. The van der Waals surface area contributed by atoms with E-state index in [0.29, 0.717) is 12.2 Å². The van der Waals surface area contributed by atoms with Crippen LogP contribution in [-0.4, -0.2) is 50.7 Å². The molecule has 104 valence electrons. The van der Waals surface area contributed by atoms with Crippen LogP contribution in [0.2, 0.25) is 0 Å². The van der Waals surface area contributed by atoms with Crippen LogP contribution in [0.25, 0.3) is 0 Å². The molecule has 0 heterocycles. The van der Waals surface area contributed by atoms with Crippen molar-refractivity contribution in [2.45, 2.75) is 45.8 Å². The number of methoxy groups -OCH3 is 2. The number of carbonyl (C=O) groups is 1. The van der Waals surface area contributed by atoms with E-state index in [1.165, 1.54) is 0 Å². The summed E-state index contributed by atoms with van der Waals surface area (Å²) in [4.78, 5) is 9.00. The third-order valence-corrected chi connectivity index (χ3v) is 2.14. The van der Waals surface area contributed by atoms with Gasteiger partial charge >= 0.3 is 0 Å². The van der Waals surface area contributed by atoms with Gasteiger partial charge in [-0.3, -0.25) is 4.79 Å². The molecule has 2 atom stereocenters. The Morgan fingerprint density at radius 1 is 1.06 bits per heavy atom. The average Bonchev–Trinajstić information content (AvgIpc) is 2.27. The number of aliphatic carboxylic acids is 1. The Bertz CT molecular complexity index is 156. The maximum absolute atomic E-state index is 9.00. The summed E-state index contributed by atoms with van der Waals surface area (Å²) in [5.41, 5.74) is 0. The summed E-state index contributed by atoms with van der Waals surface area (Å²) in [6, 6.07) is 0. The first-order valence-corrected chi connectivity index (χ1v) is 5.76. The van der Waals surface area contributed by atoms with E-state index in [-0.39, 0.29) is 0 Å². The van der Waals surface area contributed by atoms with Gasteiger partial charge in [-0.1, -0.05) is 0 Å². The highest BCUT2D eigenvalue weighted by Crippen LogP contribution is 1.98. The fraction of sp³-hybridized carbons (Fsp3) is 0.917. The molecule has 5 nitrogen and oxygen atoms in total. The minimum Gasteiger partial charge on any atom is -0.481 e. The number of hydrogen-bond donors (Lipinski definition) is 1. The van der Waals surface area contributed by atoms with E-state index in [2.05, 4.69) is 0 Å².